The van der Waals surface area contributed by atoms with Crippen LogP contribution in [0.2, 0.25) is 0 Å². The van der Waals surface area contributed by atoms with E-state index in [1.165, 1.54) is 0 Å². The second-order valence-corrected chi connectivity index (χ2v) is 5.08. The number of aromatic nitrogens is 1. The molecule has 108 valence electrons. The molecule has 19 heavy (non-hydrogen) atoms. The van der Waals surface area contributed by atoms with E-state index in [0.717, 1.165) is 25.1 Å². The third kappa shape index (κ3) is 4.80. The second kappa shape index (κ2) is 8.12. The van der Waals surface area contributed by atoms with Crippen LogP contribution in [-0.4, -0.2) is 30.3 Å². The molecule has 0 aliphatic rings. The van der Waals surface area contributed by atoms with Gasteiger partial charge >= 0.3 is 0 Å². The van der Waals surface area contributed by atoms with Gasteiger partial charge in [0.15, 0.2) is 0 Å². The maximum atomic E-state index is 5.94. The first-order valence-electron chi connectivity index (χ1n) is 7.14. The molecule has 2 atom stereocenters. The van der Waals surface area contributed by atoms with Gasteiger partial charge in [0.25, 0.3) is 0 Å². The Kier molecular flexibility index (Phi) is 6.81. The highest BCUT2D eigenvalue weighted by Crippen LogP contribution is 2.18. The lowest BCUT2D eigenvalue weighted by atomic mass is 9.94. The van der Waals surface area contributed by atoms with Crippen LogP contribution in [0.3, 0.4) is 0 Å². The molecule has 1 aromatic heterocycles. The maximum Gasteiger partial charge on any atom is 0.126 e. The first-order valence-corrected chi connectivity index (χ1v) is 7.14. The zero-order valence-corrected chi connectivity index (χ0v) is 12.5. The molecule has 0 fully saturated rings. The number of hydrogen-bond donors (Lipinski definition) is 2. The van der Waals surface area contributed by atoms with Crippen molar-refractivity contribution in [1.82, 2.24) is 10.3 Å². The number of rotatable bonds is 8. The van der Waals surface area contributed by atoms with Gasteiger partial charge in [0.2, 0.25) is 0 Å². The van der Waals surface area contributed by atoms with Gasteiger partial charge in [0.1, 0.15) is 5.82 Å². The molecule has 1 rings (SSSR count). The fraction of sp³-hybridized carbons (Fsp3) is 0.667. The smallest absolute Gasteiger partial charge is 0.126 e. The summed E-state index contributed by atoms with van der Waals surface area (Å²) in [5, 5.41) is 3.52. The predicted octanol–water partition coefficient (Wildman–Crippen LogP) is 2.25. The van der Waals surface area contributed by atoms with Crippen molar-refractivity contribution in [3.05, 3.63) is 23.9 Å². The average molecular weight is 265 g/mol. The van der Waals surface area contributed by atoms with Crippen LogP contribution in [-0.2, 0) is 11.2 Å². The number of nitrogens with two attached hydrogens (primary N) is 1. The molecule has 0 amide bonds. The van der Waals surface area contributed by atoms with Crippen LogP contribution in [0.1, 0.15) is 33.3 Å². The van der Waals surface area contributed by atoms with Gasteiger partial charge in [0.05, 0.1) is 6.10 Å². The highest BCUT2D eigenvalue weighted by atomic mass is 16.5. The molecule has 2 unspecified atom stereocenters. The van der Waals surface area contributed by atoms with Crippen molar-refractivity contribution in [1.29, 1.82) is 0 Å². The summed E-state index contributed by atoms with van der Waals surface area (Å²) in [4.78, 5) is 4.15. The van der Waals surface area contributed by atoms with E-state index in [1.807, 2.05) is 19.1 Å². The van der Waals surface area contributed by atoms with Gasteiger partial charge in [-0.3, -0.25) is 0 Å². The van der Waals surface area contributed by atoms with Crippen LogP contribution < -0.4 is 11.1 Å². The fourth-order valence-electron chi connectivity index (χ4n) is 2.39. The Bertz CT molecular complexity index is 368. The molecule has 3 N–H and O–H groups in total. The van der Waals surface area contributed by atoms with Gasteiger partial charge in [-0.15, -0.1) is 0 Å². The highest BCUT2D eigenvalue weighted by molar-refractivity contribution is 5.39. The van der Waals surface area contributed by atoms with Gasteiger partial charge in [-0.05, 0) is 37.4 Å². The van der Waals surface area contributed by atoms with Gasteiger partial charge in [0, 0.05) is 18.8 Å². The van der Waals surface area contributed by atoms with Crippen molar-refractivity contribution in [2.75, 3.05) is 18.9 Å². The third-order valence-corrected chi connectivity index (χ3v) is 3.24. The van der Waals surface area contributed by atoms with Crippen LogP contribution >= 0.6 is 0 Å². The minimum absolute atomic E-state index is 0.185. The van der Waals surface area contributed by atoms with E-state index in [9.17, 15) is 0 Å². The number of nitrogen functional groups attached to an aromatic ring is 1. The summed E-state index contributed by atoms with van der Waals surface area (Å²) < 4.78 is 5.91. The number of ether oxygens (including phenoxy) is 1. The van der Waals surface area contributed by atoms with Crippen LogP contribution in [0, 0.1) is 5.92 Å². The van der Waals surface area contributed by atoms with Crippen molar-refractivity contribution in [2.24, 2.45) is 5.92 Å². The normalized spacial score (nSPS) is 14.6. The third-order valence-electron chi connectivity index (χ3n) is 3.24. The largest absolute Gasteiger partial charge is 0.383 e. The molecule has 0 spiro atoms. The zero-order chi connectivity index (χ0) is 14.3. The molecule has 0 bridgehead atoms. The van der Waals surface area contributed by atoms with Crippen LogP contribution in [0.15, 0.2) is 18.3 Å². The van der Waals surface area contributed by atoms with Crippen LogP contribution in [0.25, 0.3) is 0 Å². The molecule has 0 aromatic carbocycles. The highest BCUT2D eigenvalue weighted by Gasteiger charge is 2.25. The lowest BCUT2D eigenvalue weighted by Crippen LogP contribution is -2.45. The van der Waals surface area contributed by atoms with Crippen LogP contribution in [0.5, 0.6) is 0 Å². The molecule has 0 saturated heterocycles. The van der Waals surface area contributed by atoms with E-state index < -0.39 is 0 Å². The number of pyridine rings is 1. The van der Waals surface area contributed by atoms with Crippen LogP contribution in [0.4, 0.5) is 5.82 Å². The quantitative estimate of drug-likeness (QED) is 0.757. The molecule has 0 aliphatic carbocycles. The summed E-state index contributed by atoms with van der Waals surface area (Å²) in [6.07, 6.45) is 2.75. The minimum atomic E-state index is 0.185. The molecule has 1 aromatic rings. The van der Waals surface area contributed by atoms with Crippen molar-refractivity contribution in [2.45, 2.75) is 46.3 Å². The van der Waals surface area contributed by atoms with Crippen molar-refractivity contribution in [3.8, 4) is 0 Å². The molecule has 0 aliphatic heterocycles. The molecule has 1 heterocycles. The number of hydrogen-bond acceptors (Lipinski definition) is 4. The van der Waals surface area contributed by atoms with Crippen molar-refractivity contribution >= 4 is 5.82 Å². The summed E-state index contributed by atoms with van der Waals surface area (Å²) in [5.74, 6) is 1.08. The van der Waals surface area contributed by atoms with E-state index in [4.69, 9.17) is 10.5 Å². The summed E-state index contributed by atoms with van der Waals surface area (Å²) >= 11 is 0. The number of nitrogens with zero attached hydrogens (tertiary/aromatic N) is 1. The fourth-order valence-corrected chi connectivity index (χ4v) is 2.39. The maximum absolute atomic E-state index is 5.94. The summed E-state index contributed by atoms with van der Waals surface area (Å²) in [7, 11) is 0. The molecule has 0 radical (unpaired) electrons. The van der Waals surface area contributed by atoms with Crippen molar-refractivity contribution < 1.29 is 4.74 Å². The lowest BCUT2D eigenvalue weighted by molar-refractivity contribution is 0.00398. The van der Waals surface area contributed by atoms with Gasteiger partial charge in [-0.25, -0.2) is 4.98 Å². The standard InChI is InChI=1S/C15H27N3O/c1-5-17-13(14(11(3)4)19-6-2)10-12-8-7-9-18-15(12)16/h7-9,11,13-14,17H,5-6,10H2,1-4H3,(H2,16,18). The monoisotopic (exact) mass is 265 g/mol. The number of likely N-dealkylation sites (N-methyl/N-ethyl adjacent to an activating group) is 1. The molecule has 0 saturated carbocycles. The predicted molar refractivity (Wildman–Crippen MR) is 80.1 cm³/mol. The topological polar surface area (TPSA) is 60.2 Å². The summed E-state index contributed by atoms with van der Waals surface area (Å²) in [6, 6.07) is 4.23. The van der Waals surface area contributed by atoms with Crippen molar-refractivity contribution in [3.63, 3.8) is 0 Å². The minimum Gasteiger partial charge on any atom is -0.383 e. The SMILES string of the molecule is CCNC(Cc1cccnc1N)C(OCC)C(C)C. The lowest BCUT2D eigenvalue weighted by Gasteiger charge is -2.31. The Morgan fingerprint density at radius 2 is 2.11 bits per heavy atom. The van der Waals surface area contributed by atoms with E-state index in [0.29, 0.717) is 11.7 Å². The summed E-state index contributed by atoms with van der Waals surface area (Å²) in [5.41, 5.74) is 7.02. The van der Waals surface area contributed by atoms with E-state index in [-0.39, 0.29) is 12.1 Å². The Balaban J connectivity index is 2.84. The zero-order valence-electron chi connectivity index (χ0n) is 12.5. The average Bonchev–Trinajstić information content (AvgIpc) is 2.37. The molecular formula is C15H27N3O. The van der Waals surface area contributed by atoms with E-state index in [2.05, 4.69) is 31.1 Å². The Morgan fingerprint density at radius 3 is 2.63 bits per heavy atom. The Morgan fingerprint density at radius 1 is 1.37 bits per heavy atom. The molecule has 4 heteroatoms. The van der Waals surface area contributed by atoms with Gasteiger partial charge < -0.3 is 15.8 Å². The van der Waals surface area contributed by atoms with Gasteiger partial charge in [-0.2, -0.15) is 0 Å². The molecule has 4 nitrogen and oxygen atoms in total. The van der Waals surface area contributed by atoms with E-state index >= 15 is 0 Å². The molecular weight excluding hydrogens is 238 g/mol. The number of anilines is 1. The second-order valence-electron chi connectivity index (χ2n) is 5.08. The number of nitrogens with one attached hydrogen (secondary N) is 1. The Hall–Kier alpha value is -1.13. The first-order chi connectivity index (χ1) is 9.10. The summed E-state index contributed by atoms with van der Waals surface area (Å²) in [6.45, 7) is 10.2. The van der Waals surface area contributed by atoms with Gasteiger partial charge in [-0.1, -0.05) is 26.8 Å². The van der Waals surface area contributed by atoms with E-state index in [1.54, 1.807) is 6.20 Å². The Labute approximate surface area is 116 Å². The first kappa shape index (κ1) is 15.9.